The maximum Gasteiger partial charge on any atom is 0.115 e. The summed E-state index contributed by atoms with van der Waals surface area (Å²) in [5, 5.41) is 14.2. The van der Waals surface area contributed by atoms with E-state index < -0.39 is 0 Å². The van der Waals surface area contributed by atoms with Crippen LogP contribution in [0.1, 0.15) is 31.0 Å². The average molecular weight is 328 g/mol. The van der Waals surface area contributed by atoms with Gasteiger partial charge in [-0.1, -0.05) is 18.7 Å². The zero-order valence-electron chi connectivity index (χ0n) is 13.8. The van der Waals surface area contributed by atoms with Gasteiger partial charge >= 0.3 is 0 Å². The summed E-state index contributed by atoms with van der Waals surface area (Å²) < 4.78 is 0. The normalized spacial score (nSPS) is 20.4. The molecular weight excluding hydrogens is 304 g/mol. The molecule has 2 aromatic rings. The minimum Gasteiger partial charge on any atom is -0.508 e. The van der Waals surface area contributed by atoms with Crippen molar-refractivity contribution in [3.8, 4) is 5.75 Å². The lowest BCUT2D eigenvalue weighted by Gasteiger charge is -2.45. The molecule has 3 rings (SSSR count). The first-order chi connectivity index (χ1) is 11.1. The third-order valence-electron chi connectivity index (χ3n) is 4.60. The van der Waals surface area contributed by atoms with E-state index in [0.717, 1.165) is 30.9 Å². The van der Waals surface area contributed by atoms with Gasteiger partial charge in [-0.15, -0.1) is 0 Å². The Kier molecular flexibility index (Phi) is 4.74. The molecule has 4 heteroatoms. The molecule has 1 unspecified atom stereocenters. The van der Waals surface area contributed by atoms with Crippen LogP contribution in [0.25, 0.3) is 0 Å². The van der Waals surface area contributed by atoms with Gasteiger partial charge in [0, 0.05) is 31.4 Å². The second-order valence-corrected chi connectivity index (χ2v) is 7.10. The predicted molar refractivity (Wildman–Crippen MR) is 96.8 cm³/mol. The van der Waals surface area contributed by atoms with Crippen molar-refractivity contribution in [1.82, 2.24) is 9.80 Å². The van der Waals surface area contributed by atoms with Crippen LogP contribution in [0.3, 0.4) is 0 Å². The molecule has 1 fully saturated rings. The van der Waals surface area contributed by atoms with Crippen LogP contribution in [-0.2, 0) is 0 Å². The molecule has 3 nitrogen and oxygen atoms in total. The molecule has 0 saturated carbocycles. The summed E-state index contributed by atoms with van der Waals surface area (Å²) in [5.41, 5.74) is 3.59. The van der Waals surface area contributed by atoms with Crippen LogP contribution >= 0.6 is 11.3 Å². The van der Waals surface area contributed by atoms with Gasteiger partial charge in [0.25, 0.3) is 0 Å². The largest absolute Gasteiger partial charge is 0.508 e. The summed E-state index contributed by atoms with van der Waals surface area (Å²) in [6.45, 7) is 11.4. The Bertz CT molecular complexity index is 668. The lowest BCUT2D eigenvalue weighted by atomic mass is 9.96. The standard InChI is InChI=1S/C19H24N2OS/c1-14(2)20-8-9-21(15(3)12-20)19(17-7-10-23-13-17)16-5-4-6-18(22)11-16/h4-7,10-11,13,15,19,22H,1,8-9,12H2,2-3H3/t15?,19-/m0/s1. The van der Waals surface area contributed by atoms with E-state index in [-0.39, 0.29) is 6.04 Å². The Morgan fingerprint density at radius 2 is 2.13 bits per heavy atom. The van der Waals surface area contributed by atoms with E-state index in [9.17, 15) is 5.11 Å². The molecule has 1 aliphatic heterocycles. The smallest absolute Gasteiger partial charge is 0.115 e. The Labute approximate surface area is 142 Å². The molecule has 122 valence electrons. The molecule has 1 aromatic carbocycles. The number of hydrogen-bond acceptors (Lipinski definition) is 4. The molecule has 0 bridgehead atoms. The van der Waals surface area contributed by atoms with Gasteiger partial charge in [-0.05, 0) is 53.9 Å². The summed E-state index contributed by atoms with van der Waals surface area (Å²) in [7, 11) is 0. The SMILES string of the molecule is C=C(C)N1CCN([C@H](c2ccsc2)c2cccc(O)c2)C(C)C1. The molecule has 0 spiro atoms. The molecule has 1 aromatic heterocycles. The predicted octanol–water partition coefficient (Wildman–Crippen LogP) is 4.08. The molecule has 23 heavy (non-hydrogen) atoms. The summed E-state index contributed by atoms with van der Waals surface area (Å²) in [5.74, 6) is 0.330. The second-order valence-electron chi connectivity index (χ2n) is 6.32. The first-order valence-electron chi connectivity index (χ1n) is 8.03. The maximum absolute atomic E-state index is 9.90. The van der Waals surface area contributed by atoms with Crippen molar-refractivity contribution in [2.75, 3.05) is 19.6 Å². The van der Waals surface area contributed by atoms with Gasteiger partial charge in [-0.25, -0.2) is 0 Å². The van der Waals surface area contributed by atoms with Crippen LogP contribution in [0, 0.1) is 0 Å². The molecule has 1 aliphatic rings. The number of thiophene rings is 1. The van der Waals surface area contributed by atoms with E-state index in [4.69, 9.17) is 0 Å². The lowest BCUT2D eigenvalue weighted by Crippen LogP contribution is -2.52. The van der Waals surface area contributed by atoms with Crippen molar-refractivity contribution in [2.45, 2.75) is 25.9 Å². The molecule has 0 amide bonds. The zero-order valence-corrected chi connectivity index (χ0v) is 14.6. The molecule has 2 heterocycles. The number of phenols is 1. The van der Waals surface area contributed by atoms with E-state index in [0.29, 0.717) is 11.8 Å². The molecule has 0 aliphatic carbocycles. The average Bonchev–Trinajstić information content (AvgIpc) is 3.03. The van der Waals surface area contributed by atoms with Gasteiger partial charge in [-0.2, -0.15) is 11.3 Å². The van der Waals surface area contributed by atoms with Gasteiger partial charge < -0.3 is 10.0 Å². The van der Waals surface area contributed by atoms with Crippen LogP contribution in [-0.4, -0.2) is 40.6 Å². The van der Waals surface area contributed by atoms with Crippen molar-refractivity contribution in [3.63, 3.8) is 0 Å². The van der Waals surface area contributed by atoms with E-state index in [2.05, 4.69) is 53.1 Å². The quantitative estimate of drug-likeness (QED) is 0.916. The number of benzene rings is 1. The van der Waals surface area contributed by atoms with Crippen LogP contribution in [0.4, 0.5) is 0 Å². The number of hydrogen-bond donors (Lipinski definition) is 1. The van der Waals surface area contributed by atoms with Gasteiger partial charge in [0.1, 0.15) is 5.75 Å². The monoisotopic (exact) mass is 328 g/mol. The fourth-order valence-corrected chi connectivity index (χ4v) is 4.08. The lowest BCUT2D eigenvalue weighted by molar-refractivity contribution is 0.0787. The van der Waals surface area contributed by atoms with Gasteiger partial charge in [0.05, 0.1) is 6.04 Å². The highest BCUT2D eigenvalue weighted by Gasteiger charge is 2.31. The number of piperazine rings is 1. The van der Waals surface area contributed by atoms with Crippen LogP contribution < -0.4 is 0 Å². The minimum absolute atomic E-state index is 0.190. The van der Waals surface area contributed by atoms with Gasteiger partial charge in [0.15, 0.2) is 0 Å². The summed E-state index contributed by atoms with van der Waals surface area (Å²) in [6, 6.07) is 10.5. The molecule has 0 radical (unpaired) electrons. The third-order valence-corrected chi connectivity index (χ3v) is 5.30. The first-order valence-corrected chi connectivity index (χ1v) is 8.98. The summed E-state index contributed by atoms with van der Waals surface area (Å²) in [6.07, 6.45) is 0. The van der Waals surface area contributed by atoms with E-state index in [1.165, 1.54) is 5.56 Å². The fourth-order valence-electron chi connectivity index (χ4n) is 3.40. The molecule has 1 saturated heterocycles. The Hall–Kier alpha value is -1.78. The number of allylic oxidation sites excluding steroid dienone is 1. The zero-order chi connectivity index (χ0) is 16.4. The van der Waals surface area contributed by atoms with Gasteiger partial charge in [0.2, 0.25) is 0 Å². The number of phenolic OH excluding ortho intramolecular Hbond substituents is 1. The highest BCUT2D eigenvalue weighted by atomic mass is 32.1. The minimum atomic E-state index is 0.190. The van der Waals surface area contributed by atoms with Crippen LogP contribution in [0.2, 0.25) is 0 Å². The van der Waals surface area contributed by atoms with Crippen molar-refractivity contribution < 1.29 is 5.11 Å². The second kappa shape index (κ2) is 6.77. The Morgan fingerprint density at radius 1 is 1.30 bits per heavy atom. The van der Waals surface area contributed by atoms with E-state index in [1.807, 2.05) is 12.1 Å². The third kappa shape index (κ3) is 3.43. The van der Waals surface area contributed by atoms with Crippen LogP contribution in [0.5, 0.6) is 5.75 Å². The topological polar surface area (TPSA) is 26.7 Å². The molecular formula is C19H24N2OS. The highest BCUT2D eigenvalue weighted by molar-refractivity contribution is 7.08. The number of aromatic hydroxyl groups is 1. The Balaban J connectivity index is 1.92. The first kappa shape index (κ1) is 16.1. The summed E-state index contributed by atoms with van der Waals surface area (Å²) in [4.78, 5) is 4.89. The molecule has 2 atom stereocenters. The Morgan fingerprint density at radius 3 is 2.74 bits per heavy atom. The maximum atomic E-state index is 9.90. The number of rotatable bonds is 4. The fraction of sp³-hybridized carbons (Fsp3) is 0.368. The highest BCUT2D eigenvalue weighted by Crippen LogP contribution is 2.34. The van der Waals surface area contributed by atoms with Crippen molar-refractivity contribution in [1.29, 1.82) is 0 Å². The van der Waals surface area contributed by atoms with Crippen molar-refractivity contribution >= 4 is 11.3 Å². The van der Waals surface area contributed by atoms with Crippen molar-refractivity contribution in [3.05, 3.63) is 64.5 Å². The number of nitrogens with zero attached hydrogens (tertiary/aromatic N) is 2. The summed E-state index contributed by atoms with van der Waals surface area (Å²) >= 11 is 1.72. The van der Waals surface area contributed by atoms with Crippen molar-refractivity contribution in [2.24, 2.45) is 0 Å². The van der Waals surface area contributed by atoms with Crippen LogP contribution in [0.15, 0.2) is 53.4 Å². The van der Waals surface area contributed by atoms with E-state index in [1.54, 1.807) is 17.4 Å². The van der Waals surface area contributed by atoms with Gasteiger partial charge in [-0.3, -0.25) is 4.90 Å². The molecule has 1 N–H and O–H groups in total. The van der Waals surface area contributed by atoms with E-state index >= 15 is 0 Å².